The van der Waals surface area contributed by atoms with E-state index in [4.69, 9.17) is 5.26 Å². The monoisotopic (exact) mass is 364 g/mol. The maximum atomic E-state index is 9.14. The molecule has 1 aromatic heterocycles. The molecule has 1 heterocycles. The second kappa shape index (κ2) is 9.98. The largest absolute Gasteiger partial charge is 0.366 e. The van der Waals surface area contributed by atoms with E-state index in [-0.39, 0.29) is 0 Å². The van der Waals surface area contributed by atoms with Crippen molar-refractivity contribution in [1.29, 1.82) is 5.26 Å². The molecule has 0 amide bonds. The van der Waals surface area contributed by atoms with Crippen LogP contribution in [0.5, 0.6) is 0 Å². The van der Waals surface area contributed by atoms with Crippen molar-refractivity contribution in [1.82, 2.24) is 10.3 Å². The van der Waals surface area contributed by atoms with E-state index < -0.39 is 0 Å². The van der Waals surface area contributed by atoms with Crippen LogP contribution in [0.1, 0.15) is 43.2 Å². The number of amidine groups is 1. The lowest BCUT2D eigenvalue weighted by Gasteiger charge is -2.24. The van der Waals surface area contributed by atoms with Crippen molar-refractivity contribution in [3.8, 4) is 6.19 Å². The van der Waals surface area contributed by atoms with Gasteiger partial charge in [0.05, 0.1) is 5.56 Å². The number of nitriles is 1. The third-order valence-electron chi connectivity index (χ3n) is 4.61. The number of nitrogens with zero attached hydrogens (tertiary/aromatic N) is 3. The molecule has 5 heteroatoms. The van der Waals surface area contributed by atoms with E-state index in [2.05, 4.69) is 39.6 Å². The van der Waals surface area contributed by atoms with Crippen LogP contribution in [0.15, 0.2) is 58.7 Å². The average Bonchev–Trinajstić information content (AvgIpc) is 2.70. The van der Waals surface area contributed by atoms with Gasteiger partial charge in [0.2, 0.25) is 6.19 Å². The number of thioether (sulfide) groups is 1. The molecule has 134 valence electrons. The van der Waals surface area contributed by atoms with Gasteiger partial charge in [0, 0.05) is 18.0 Å². The van der Waals surface area contributed by atoms with E-state index in [0.29, 0.717) is 11.9 Å². The van der Waals surface area contributed by atoms with E-state index in [0.717, 1.165) is 35.6 Å². The Labute approximate surface area is 159 Å². The first-order chi connectivity index (χ1) is 12.9. The van der Waals surface area contributed by atoms with Crippen molar-refractivity contribution in [3.63, 3.8) is 0 Å². The summed E-state index contributed by atoms with van der Waals surface area (Å²) in [5.41, 5.74) is 2.25. The molecule has 26 heavy (non-hydrogen) atoms. The highest BCUT2D eigenvalue weighted by Crippen LogP contribution is 2.23. The summed E-state index contributed by atoms with van der Waals surface area (Å²) in [6.45, 7) is 0. The minimum Gasteiger partial charge on any atom is -0.366 e. The highest BCUT2D eigenvalue weighted by atomic mass is 32.2. The van der Waals surface area contributed by atoms with Crippen LogP contribution < -0.4 is 5.32 Å². The molecule has 4 nitrogen and oxygen atoms in total. The fraction of sp³-hybridized carbons (Fsp3) is 0.381. The summed E-state index contributed by atoms with van der Waals surface area (Å²) in [6, 6.07) is 14.8. The molecular weight excluding hydrogens is 340 g/mol. The molecule has 0 atom stereocenters. The fourth-order valence-electron chi connectivity index (χ4n) is 3.26. The number of pyridine rings is 1. The summed E-state index contributed by atoms with van der Waals surface area (Å²) in [6.07, 6.45) is 10.8. The molecule has 0 spiro atoms. The Hall–Kier alpha value is -2.32. The van der Waals surface area contributed by atoms with Crippen LogP contribution in [0.2, 0.25) is 0 Å². The number of nitrogens with one attached hydrogen (secondary N) is 1. The van der Waals surface area contributed by atoms with E-state index in [1.807, 2.05) is 24.4 Å². The summed E-state index contributed by atoms with van der Waals surface area (Å²) in [4.78, 5) is 8.61. The lowest BCUT2D eigenvalue weighted by molar-refractivity contribution is 0.413. The molecule has 0 radical (unpaired) electrons. The molecule has 0 unspecified atom stereocenters. The zero-order chi connectivity index (χ0) is 18.0. The normalized spacial score (nSPS) is 15.4. The van der Waals surface area contributed by atoms with Crippen LogP contribution >= 0.6 is 11.8 Å². The van der Waals surface area contributed by atoms with Gasteiger partial charge in [0.15, 0.2) is 0 Å². The quantitative estimate of drug-likeness (QED) is 0.353. The predicted octanol–water partition coefficient (Wildman–Crippen LogP) is 4.57. The second-order valence-electron chi connectivity index (χ2n) is 6.48. The Morgan fingerprint density at radius 3 is 2.73 bits per heavy atom. The maximum Gasteiger partial charge on any atom is 0.207 e. The Kier molecular flexibility index (Phi) is 7.09. The van der Waals surface area contributed by atoms with Crippen LogP contribution in [0.25, 0.3) is 0 Å². The van der Waals surface area contributed by atoms with Crippen LogP contribution in [-0.2, 0) is 6.42 Å². The molecule has 1 aliphatic carbocycles. The summed E-state index contributed by atoms with van der Waals surface area (Å²) < 4.78 is 0. The second-order valence-corrected chi connectivity index (χ2v) is 7.56. The van der Waals surface area contributed by atoms with Crippen LogP contribution in [0.4, 0.5) is 0 Å². The maximum absolute atomic E-state index is 9.14. The Morgan fingerprint density at radius 1 is 1.15 bits per heavy atom. The highest BCUT2D eigenvalue weighted by Gasteiger charge is 2.18. The summed E-state index contributed by atoms with van der Waals surface area (Å²) in [7, 11) is 0. The number of hydrogen-bond acceptors (Lipinski definition) is 4. The van der Waals surface area contributed by atoms with Crippen molar-refractivity contribution >= 4 is 17.6 Å². The molecule has 0 aliphatic heterocycles. The van der Waals surface area contributed by atoms with E-state index in [1.54, 1.807) is 18.0 Å². The van der Waals surface area contributed by atoms with Gasteiger partial charge in [-0.3, -0.25) is 0 Å². The smallest absolute Gasteiger partial charge is 0.207 e. The molecule has 1 aliphatic rings. The summed E-state index contributed by atoms with van der Waals surface area (Å²) in [5, 5.41) is 13.6. The molecule has 1 aromatic carbocycles. The standard InChI is InChI=1S/C21H24N4S/c22-16-24-20(25-18-10-5-2-6-11-18)19-12-7-14-23-21(19)26-15-13-17-8-3-1-4-9-17/h1,3-4,7-9,12,14,18H,2,5-6,10-11,13,15H2,(H,24,25). The lowest BCUT2D eigenvalue weighted by Crippen LogP contribution is -2.37. The number of aromatic nitrogens is 1. The fourth-order valence-corrected chi connectivity index (χ4v) is 4.24. The molecule has 2 aromatic rings. The molecule has 1 saturated carbocycles. The first-order valence-electron chi connectivity index (χ1n) is 9.22. The van der Waals surface area contributed by atoms with E-state index in [1.165, 1.54) is 24.8 Å². The highest BCUT2D eigenvalue weighted by molar-refractivity contribution is 7.99. The zero-order valence-corrected chi connectivity index (χ0v) is 15.7. The van der Waals surface area contributed by atoms with Crippen molar-refractivity contribution in [2.24, 2.45) is 4.99 Å². The van der Waals surface area contributed by atoms with Crippen molar-refractivity contribution < 1.29 is 0 Å². The van der Waals surface area contributed by atoms with Gasteiger partial charge in [0.25, 0.3) is 0 Å². The number of aliphatic imine (C=N–C) groups is 1. The lowest BCUT2D eigenvalue weighted by atomic mass is 9.95. The van der Waals surface area contributed by atoms with Gasteiger partial charge in [-0.2, -0.15) is 10.3 Å². The Morgan fingerprint density at radius 2 is 1.96 bits per heavy atom. The summed E-state index contributed by atoms with van der Waals surface area (Å²) >= 11 is 1.72. The minimum absolute atomic E-state index is 0.401. The third-order valence-corrected chi connectivity index (χ3v) is 5.61. The molecule has 1 N–H and O–H groups in total. The molecule has 0 saturated heterocycles. The predicted molar refractivity (Wildman–Crippen MR) is 107 cm³/mol. The van der Waals surface area contributed by atoms with Gasteiger partial charge in [-0.25, -0.2) is 4.98 Å². The van der Waals surface area contributed by atoms with Gasteiger partial charge >= 0.3 is 0 Å². The van der Waals surface area contributed by atoms with E-state index in [9.17, 15) is 0 Å². The average molecular weight is 365 g/mol. The van der Waals surface area contributed by atoms with Gasteiger partial charge in [0.1, 0.15) is 10.9 Å². The van der Waals surface area contributed by atoms with Gasteiger partial charge in [-0.1, -0.05) is 49.6 Å². The van der Waals surface area contributed by atoms with Crippen molar-refractivity contribution in [2.75, 3.05) is 5.75 Å². The molecule has 0 bridgehead atoms. The number of benzene rings is 1. The topological polar surface area (TPSA) is 61.1 Å². The van der Waals surface area contributed by atoms with Crippen LogP contribution in [0, 0.1) is 11.5 Å². The van der Waals surface area contributed by atoms with E-state index >= 15 is 0 Å². The van der Waals surface area contributed by atoms with Crippen LogP contribution in [-0.4, -0.2) is 22.6 Å². The van der Waals surface area contributed by atoms with Crippen LogP contribution in [0.3, 0.4) is 0 Å². The van der Waals surface area contributed by atoms with Gasteiger partial charge < -0.3 is 5.32 Å². The Balaban J connectivity index is 1.69. The summed E-state index contributed by atoms with van der Waals surface area (Å²) in [5.74, 6) is 1.60. The Bertz CT molecular complexity index is 761. The SMILES string of the molecule is N#C/N=C(\NC1CCCCC1)c1cccnc1SCCc1ccccc1. The minimum atomic E-state index is 0.401. The molecular formula is C21H24N4S. The third kappa shape index (κ3) is 5.34. The molecule has 1 fully saturated rings. The number of aryl methyl sites for hydroxylation is 1. The van der Waals surface area contributed by atoms with Gasteiger partial charge in [-0.15, -0.1) is 11.8 Å². The molecule has 3 rings (SSSR count). The van der Waals surface area contributed by atoms with Gasteiger partial charge in [-0.05, 0) is 37.0 Å². The number of hydrogen-bond donors (Lipinski definition) is 1. The van der Waals surface area contributed by atoms with Crippen molar-refractivity contribution in [3.05, 3.63) is 59.8 Å². The number of rotatable bonds is 6. The van der Waals surface area contributed by atoms with Crippen molar-refractivity contribution in [2.45, 2.75) is 49.6 Å². The first-order valence-corrected chi connectivity index (χ1v) is 10.2. The first kappa shape index (κ1) is 18.5. The zero-order valence-electron chi connectivity index (χ0n) is 14.9.